The summed E-state index contributed by atoms with van der Waals surface area (Å²) in [4.78, 5) is 10.2. The zero-order valence-corrected chi connectivity index (χ0v) is 7.07. The second-order valence-electron chi connectivity index (χ2n) is 2.44. The fourth-order valence-electron chi connectivity index (χ4n) is 0.794. The first-order valence-corrected chi connectivity index (χ1v) is 3.66. The van der Waals surface area contributed by atoms with Crippen molar-refractivity contribution in [2.75, 3.05) is 0 Å². The molecule has 0 spiro atoms. The third-order valence-corrected chi connectivity index (χ3v) is 1.37. The minimum atomic E-state index is -0.836. The van der Waals surface area contributed by atoms with Crippen LogP contribution < -0.4 is 11.2 Å². The van der Waals surface area contributed by atoms with Crippen molar-refractivity contribution >= 4 is 12.2 Å². The van der Waals surface area contributed by atoms with E-state index in [9.17, 15) is 14.3 Å². The fraction of sp³-hybridized carbons (Fsp3) is 0. The van der Waals surface area contributed by atoms with Gasteiger partial charge in [-0.15, -0.1) is 0 Å². The van der Waals surface area contributed by atoms with E-state index in [-0.39, 0.29) is 11.3 Å². The number of phenolic OH excluding ortho intramolecular Hbond substituents is 1. The predicted molar refractivity (Wildman–Crippen MR) is 48.4 cm³/mol. The number of urea groups is 1. The topological polar surface area (TPSA) is 87.7 Å². The molecule has 0 aliphatic rings. The van der Waals surface area contributed by atoms with E-state index in [0.717, 1.165) is 18.3 Å². The highest BCUT2D eigenvalue weighted by molar-refractivity contribution is 5.84. The smallest absolute Gasteiger partial charge is 0.332 e. The van der Waals surface area contributed by atoms with Crippen LogP contribution in [0.2, 0.25) is 0 Å². The zero-order chi connectivity index (χ0) is 10.6. The number of nitrogens with two attached hydrogens (primary N) is 1. The number of phenols is 1. The number of carbonyl (C=O) groups excluding carboxylic acids is 1. The Balaban J connectivity index is 2.80. The Morgan fingerprint density at radius 2 is 2.36 bits per heavy atom. The van der Waals surface area contributed by atoms with Crippen LogP contribution in [-0.4, -0.2) is 17.4 Å². The lowest BCUT2D eigenvalue weighted by molar-refractivity contribution is 0.249. The van der Waals surface area contributed by atoms with Gasteiger partial charge in [-0.2, -0.15) is 5.10 Å². The molecule has 0 aliphatic heterocycles. The van der Waals surface area contributed by atoms with Crippen LogP contribution in [0.25, 0.3) is 0 Å². The number of primary amides is 1. The molecule has 4 N–H and O–H groups in total. The van der Waals surface area contributed by atoms with E-state index in [1.165, 1.54) is 6.07 Å². The summed E-state index contributed by atoms with van der Waals surface area (Å²) in [5.41, 5.74) is 6.79. The minimum Gasteiger partial charge on any atom is -0.507 e. The van der Waals surface area contributed by atoms with Gasteiger partial charge in [0.25, 0.3) is 0 Å². The molecular formula is C8H8FN3O2. The Bertz CT molecular complexity index is 379. The van der Waals surface area contributed by atoms with E-state index >= 15 is 0 Å². The van der Waals surface area contributed by atoms with Gasteiger partial charge < -0.3 is 10.8 Å². The molecule has 0 radical (unpaired) electrons. The standard InChI is InChI=1S/C8H8FN3O2/c9-6-1-2-7(13)5(3-6)4-11-12-8(10)14/h1-4,13H,(H3,10,12,14). The molecule has 0 unspecified atom stereocenters. The third kappa shape index (κ3) is 2.74. The quantitative estimate of drug-likeness (QED) is 0.477. The van der Waals surface area contributed by atoms with Gasteiger partial charge >= 0.3 is 6.03 Å². The average Bonchev–Trinajstić information content (AvgIpc) is 2.10. The number of carbonyl (C=O) groups is 1. The van der Waals surface area contributed by atoms with Gasteiger partial charge in [-0.25, -0.2) is 14.6 Å². The van der Waals surface area contributed by atoms with Gasteiger partial charge in [0.1, 0.15) is 11.6 Å². The summed E-state index contributed by atoms with van der Waals surface area (Å²) in [6.45, 7) is 0. The summed E-state index contributed by atoms with van der Waals surface area (Å²) < 4.78 is 12.6. The maximum Gasteiger partial charge on any atom is 0.332 e. The van der Waals surface area contributed by atoms with E-state index < -0.39 is 11.8 Å². The average molecular weight is 197 g/mol. The number of benzene rings is 1. The van der Waals surface area contributed by atoms with Gasteiger partial charge in [0.05, 0.1) is 6.21 Å². The van der Waals surface area contributed by atoms with Gasteiger partial charge in [0.15, 0.2) is 0 Å². The molecule has 0 heterocycles. The predicted octanol–water partition coefficient (Wildman–Crippen LogP) is 0.533. The molecule has 0 saturated heterocycles. The van der Waals surface area contributed by atoms with Crippen LogP contribution >= 0.6 is 0 Å². The number of amides is 2. The first-order valence-electron chi connectivity index (χ1n) is 3.66. The van der Waals surface area contributed by atoms with Crippen LogP contribution in [-0.2, 0) is 0 Å². The molecule has 0 aliphatic carbocycles. The van der Waals surface area contributed by atoms with Crippen molar-refractivity contribution in [3.8, 4) is 5.75 Å². The monoisotopic (exact) mass is 197 g/mol. The zero-order valence-electron chi connectivity index (χ0n) is 7.07. The molecule has 74 valence electrons. The van der Waals surface area contributed by atoms with Crippen molar-refractivity contribution in [2.45, 2.75) is 0 Å². The molecule has 0 atom stereocenters. The van der Waals surface area contributed by atoms with Crippen molar-refractivity contribution < 1.29 is 14.3 Å². The lowest BCUT2D eigenvalue weighted by atomic mass is 10.2. The second kappa shape index (κ2) is 4.22. The number of hydrogen-bond donors (Lipinski definition) is 3. The Morgan fingerprint density at radius 1 is 1.64 bits per heavy atom. The Kier molecular flexibility index (Phi) is 3.01. The van der Waals surface area contributed by atoms with Crippen molar-refractivity contribution in [1.82, 2.24) is 5.43 Å². The van der Waals surface area contributed by atoms with Crippen molar-refractivity contribution in [1.29, 1.82) is 0 Å². The number of nitrogens with zero attached hydrogens (tertiary/aromatic N) is 1. The second-order valence-corrected chi connectivity index (χ2v) is 2.44. The van der Waals surface area contributed by atoms with E-state index in [1.54, 1.807) is 0 Å². The molecular weight excluding hydrogens is 189 g/mol. The lowest BCUT2D eigenvalue weighted by Crippen LogP contribution is -2.24. The highest BCUT2D eigenvalue weighted by Gasteiger charge is 1.99. The Labute approximate surface area is 79.0 Å². The molecule has 1 aromatic carbocycles. The summed E-state index contributed by atoms with van der Waals surface area (Å²) in [5, 5.41) is 12.6. The van der Waals surface area contributed by atoms with Gasteiger partial charge in [0.2, 0.25) is 0 Å². The van der Waals surface area contributed by atoms with E-state index in [2.05, 4.69) is 5.10 Å². The summed E-state index contributed by atoms with van der Waals surface area (Å²) >= 11 is 0. The van der Waals surface area contributed by atoms with Gasteiger partial charge in [-0.05, 0) is 18.2 Å². The minimum absolute atomic E-state index is 0.138. The van der Waals surface area contributed by atoms with Crippen LogP contribution in [0, 0.1) is 5.82 Å². The first-order chi connectivity index (χ1) is 6.59. The Morgan fingerprint density at radius 3 is 3.00 bits per heavy atom. The van der Waals surface area contributed by atoms with Crippen LogP contribution in [0.5, 0.6) is 5.75 Å². The number of rotatable bonds is 2. The lowest BCUT2D eigenvalue weighted by Gasteiger charge is -1.97. The third-order valence-electron chi connectivity index (χ3n) is 1.37. The summed E-state index contributed by atoms with van der Waals surface area (Å²) in [6.07, 6.45) is 1.09. The molecule has 5 nitrogen and oxygen atoms in total. The van der Waals surface area contributed by atoms with Crippen LogP contribution in [0.15, 0.2) is 23.3 Å². The number of hydrogen-bond acceptors (Lipinski definition) is 3. The van der Waals surface area contributed by atoms with E-state index in [0.29, 0.717) is 0 Å². The van der Waals surface area contributed by atoms with Gasteiger partial charge in [-0.1, -0.05) is 0 Å². The highest BCUT2D eigenvalue weighted by Crippen LogP contribution is 2.15. The summed E-state index contributed by atoms with van der Waals surface area (Å²) in [6, 6.07) is 2.52. The van der Waals surface area contributed by atoms with E-state index in [4.69, 9.17) is 5.73 Å². The van der Waals surface area contributed by atoms with Crippen LogP contribution in [0.4, 0.5) is 9.18 Å². The largest absolute Gasteiger partial charge is 0.507 e. The fourth-order valence-corrected chi connectivity index (χ4v) is 0.794. The SMILES string of the molecule is NC(=O)NN=Cc1cc(F)ccc1O. The number of nitrogens with one attached hydrogen (secondary N) is 1. The van der Waals surface area contributed by atoms with Gasteiger partial charge in [0, 0.05) is 5.56 Å². The van der Waals surface area contributed by atoms with Crippen LogP contribution in [0.1, 0.15) is 5.56 Å². The molecule has 14 heavy (non-hydrogen) atoms. The van der Waals surface area contributed by atoms with Crippen LogP contribution in [0.3, 0.4) is 0 Å². The first kappa shape index (κ1) is 9.97. The maximum absolute atomic E-state index is 12.6. The molecule has 2 amide bonds. The molecule has 6 heteroatoms. The molecule has 0 aromatic heterocycles. The van der Waals surface area contributed by atoms with Gasteiger partial charge in [-0.3, -0.25) is 0 Å². The van der Waals surface area contributed by atoms with Crippen molar-refractivity contribution in [3.05, 3.63) is 29.6 Å². The molecule has 0 saturated carbocycles. The number of halogens is 1. The number of aromatic hydroxyl groups is 1. The number of hydrazone groups is 1. The maximum atomic E-state index is 12.6. The molecule has 0 bridgehead atoms. The highest BCUT2D eigenvalue weighted by atomic mass is 19.1. The summed E-state index contributed by atoms with van der Waals surface area (Å²) in [5.74, 6) is -0.648. The van der Waals surface area contributed by atoms with Crippen molar-refractivity contribution in [2.24, 2.45) is 10.8 Å². The normalized spacial score (nSPS) is 10.4. The Hall–Kier alpha value is -2.11. The van der Waals surface area contributed by atoms with E-state index in [1.807, 2.05) is 5.43 Å². The molecule has 0 fully saturated rings. The molecule has 1 aromatic rings. The molecule has 1 rings (SSSR count). The summed E-state index contributed by atoms with van der Waals surface area (Å²) in [7, 11) is 0. The van der Waals surface area contributed by atoms with Crippen molar-refractivity contribution in [3.63, 3.8) is 0 Å².